The van der Waals surface area contributed by atoms with Crippen LogP contribution in [-0.4, -0.2) is 30.2 Å². The van der Waals surface area contributed by atoms with Crippen molar-refractivity contribution in [2.24, 2.45) is 5.73 Å². The minimum atomic E-state index is 0.355. The first-order valence-electron chi connectivity index (χ1n) is 9.49. The number of aliphatic hydroxyl groups excluding tert-OH is 1. The number of hydrogen-bond acceptors (Lipinski definition) is 3. The molecule has 0 saturated carbocycles. The number of hydrogen-bond donors (Lipinski definition) is 2. The molecule has 1 aromatic carbocycles. The van der Waals surface area contributed by atoms with E-state index in [-0.39, 0.29) is 0 Å². The number of ether oxygens (including phenoxy) is 1. The number of nitrogens with two attached hydrogens (primary N) is 1. The van der Waals surface area contributed by atoms with Crippen LogP contribution in [0.3, 0.4) is 0 Å². The molecule has 0 fully saturated rings. The fourth-order valence-electron chi connectivity index (χ4n) is 2.23. The Hall–Kier alpha value is -0.290. The molecule has 0 heterocycles. The van der Waals surface area contributed by atoms with Gasteiger partial charge in [-0.2, -0.15) is 0 Å². The van der Waals surface area contributed by atoms with Gasteiger partial charge in [0.15, 0.2) is 0 Å². The maximum atomic E-state index is 8.41. The normalized spacial score (nSPS) is 10.2. The van der Waals surface area contributed by atoms with E-state index in [1.807, 2.05) is 24.3 Å². The van der Waals surface area contributed by atoms with Crippen LogP contribution in [0.25, 0.3) is 0 Å². The van der Waals surface area contributed by atoms with Crippen LogP contribution in [0.15, 0.2) is 24.3 Å². The summed E-state index contributed by atoms with van der Waals surface area (Å²) in [6.45, 7) is 1.94. The molecule has 0 saturated heterocycles. The lowest BCUT2D eigenvalue weighted by atomic mass is 10.1. The molecule has 0 aromatic heterocycles. The van der Waals surface area contributed by atoms with E-state index in [4.69, 9.17) is 27.2 Å². The number of aliphatic hydroxyl groups is 1. The molecule has 0 aliphatic carbocycles. The Morgan fingerprint density at radius 1 is 0.840 bits per heavy atom. The molecule has 0 aliphatic rings. The summed E-state index contributed by atoms with van der Waals surface area (Å²) in [5, 5.41) is 10.3. The molecular weight excluding hydrogens is 402 g/mol. The zero-order valence-electron chi connectivity index (χ0n) is 15.4. The van der Waals surface area contributed by atoms with Crippen LogP contribution in [0, 0.1) is 0 Å². The SMILES string of the molecule is NCCCCCCCOc1ccc(Cl)cc1.OCCCCCCCBr. The van der Waals surface area contributed by atoms with Gasteiger partial charge in [-0.1, -0.05) is 66.1 Å². The van der Waals surface area contributed by atoms with Crippen molar-refractivity contribution in [3.8, 4) is 5.75 Å². The highest BCUT2D eigenvalue weighted by atomic mass is 79.9. The summed E-state index contributed by atoms with van der Waals surface area (Å²) in [4.78, 5) is 0. The molecule has 0 spiro atoms. The molecule has 3 N–H and O–H groups in total. The van der Waals surface area contributed by atoms with E-state index in [0.717, 1.165) is 48.5 Å². The van der Waals surface area contributed by atoms with Crippen LogP contribution in [0.1, 0.15) is 64.2 Å². The average Bonchev–Trinajstić information content (AvgIpc) is 2.63. The number of rotatable bonds is 14. The van der Waals surface area contributed by atoms with Crippen molar-refractivity contribution in [1.29, 1.82) is 0 Å². The first-order chi connectivity index (χ1) is 12.2. The van der Waals surface area contributed by atoms with Crippen LogP contribution in [0.2, 0.25) is 5.02 Å². The second kappa shape index (κ2) is 20.0. The summed E-state index contributed by atoms with van der Waals surface area (Å²) < 4.78 is 5.58. The van der Waals surface area contributed by atoms with Gasteiger partial charge in [0, 0.05) is 17.0 Å². The summed E-state index contributed by atoms with van der Waals surface area (Å²) in [5.41, 5.74) is 5.42. The largest absolute Gasteiger partial charge is 0.494 e. The third-order valence-corrected chi connectivity index (χ3v) is 4.54. The van der Waals surface area contributed by atoms with Crippen LogP contribution in [-0.2, 0) is 0 Å². The molecular formula is C20H35BrClNO2. The second-order valence-corrected chi connectivity index (χ2v) is 7.27. The zero-order chi connectivity index (χ0) is 18.6. The molecule has 0 aliphatic heterocycles. The summed E-state index contributed by atoms with van der Waals surface area (Å²) in [6, 6.07) is 7.49. The fraction of sp³-hybridized carbons (Fsp3) is 0.700. The highest BCUT2D eigenvalue weighted by Crippen LogP contribution is 2.16. The Bertz CT molecular complexity index is 370. The van der Waals surface area contributed by atoms with Crippen molar-refractivity contribution >= 4 is 27.5 Å². The molecule has 1 rings (SSSR count). The van der Waals surface area contributed by atoms with Gasteiger partial charge in [0.05, 0.1) is 6.61 Å². The van der Waals surface area contributed by atoms with E-state index < -0.39 is 0 Å². The molecule has 1 aromatic rings. The van der Waals surface area contributed by atoms with E-state index in [1.54, 1.807) is 0 Å². The van der Waals surface area contributed by atoms with Crippen molar-refractivity contribution in [3.05, 3.63) is 29.3 Å². The van der Waals surface area contributed by atoms with Crippen molar-refractivity contribution < 1.29 is 9.84 Å². The third-order valence-electron chi connectivity index (χ3n) is 3.72. The smallest absolute Gasteiger partial charge is 0.119 e. The molecule has 0 radical (unpaired) electrons. The van der Waals surface area contributed by atoms with Gasteiger partial charge in [-0.15, -0.1) is 0 Å². The summed E-state index contributed by atoms with van der Waals surface area (Å²) in [7, 11) is 0. The fourth-order valence-corrected chi connectivity index (χ4v) is 2.76. The average molecular weight is 437 g/mol. The van der Waals surface area contributed by atoms with Crippen molar-refractivity contribution in [3.63, 3.8) is 0 Å². The van der Waals surface area contributed by atoms with Crippen molar-refractivity contribution in [1.82, 2.24) is 0 Å². The van der Waals surface area contributed by atoms with Crippen LogP contribution in [0.4, 0.5) is 0 Å². The Kier molecular flexibility index (Phi) is 19.8. The van der Waals surface area contributed by atoms with Gasteiger partial charge in [-0.25, -0.2) is 0 Å². The zero-order valence-corrected chi connectivity index (χ0v) is 17.7. The van der Waals surface area contributed by atoms with E-state index in [0.29, 0.717) is 6.61 Å². The molecule has 0 atom stereocenters. The van der Waals surface area contributed by atoms with Crippen molar-refractivity contribution in [2.75, 3.05) is 25.1 Å². The highest BCUT2D eigenvalue weighted by molar-refractivity contribution is 9.09. The molecule has 5 heteroatoms. The van der Waals surface area contributed by atoms with E-state index in [9.17, 15) is 0 Å². The standard InChI is InChI=1S/C13H20ClNO.C7H15BrO/c14-12-6-8-13(9-7-12)16-11-5-3-1-2-4-10-15;8-6-4-2-1-3-5-7-9/h6-9H,1-5,10-11,15H2;9H,1-7H2. The van der Waals surface area contributed by atoms with Gasteiger partial charge in [0.2, 0.25) is 0 Å². The minimum absolute atomic E-state index is 0.355. The van der Waals surface area contributed by atoms with Gasteiger partial charge in [-0.3, -0.25) is 0 Å². The van der Waals surface area contributed by atoms with E-state index in [2.05, 4.69) is 15.9 Å². The maximum Gasteiger partial charge on any atom is 0.119 e. The Balaban J connectivity index is 0.000000547. The van der Waals surface area contributed by atoms with Gasteiger partial charge >= 0.3 is 0 Å². The van der Waals surface area contributed by atoms with Gasteiger partial charge < -0.3 is 15.6 Å². The van der Waals surface area contributed by atoms with Gasteiger partial charge in [-0.05, 0) is 56.5 Å². The summed E-state index contributed by atoms with van der Waals surface area (Å²) in [6.07, 6.45) is 11.9. The number of benzene rings is 1. The monoisotopic (exact) mass is 435 g/mol. The number of unbranched alkanes of at least 4 members (excludes halogenated alkanes) is 8. The predicted molar refractivity (Wildman–Crippen MR) is 113 cm³/mol. The molecule has 146 valence electrons. The Labute approximate surface area is 167 Å². The number of halogens is 2. The molecule has 0 amide bonds. The lowest BCUT2D eigenvalue weighted by Crippen LogP contribution is -1.99. The first-order valence-corrected chi connectivity index (χ1v) is 11.0. The maximum absolute atomic E-state index is 8.41. The van der Waals surface area contributed by atoms with Crippen LogP contribution < -0.4 is 10.5 Å². The van der Waals surface area contributed by atoms with Crippen molar-refractivity contribution in [2.45, 2.75) is 64.2 Å². The molecule has 0 unspecified atom stereocenters. The topological polar surface area (TPSA) is 55.5 Å². The van der Waals surface area contributed by atoms with E-state index >= 15 is 0 Å². The lowest BCUT2D eigenvalue weighted by Gasteiger charge is -2.05. The Morgan fingerprint density at radius 3 is 2.00 bits per heavy atom. The molecule has 3 nitrogen and oxygen atoms in total. The van der Waals surface area contributed by atoms with Gasteiger partial charge in [0.1, 0.15) is 5.75 Å². The van der Waals surface area contributed by atoms with Crippen LogP contribution in [0.5, 0.6) is 5.75 Å². The first kappa shape index (κ1) is 24.7. The Morgan fingerprint density at radius 2 is 1.40 bits per heavy atom. The predicted octanol–water partition coefficient (Wildman–Crippen LogP) is 5.95. The van der Waals surface area contributed by atoms with Crippen LogP contribution >= 0.6 is 27.5 Å². The number of alkyl halides is 1. The van der Waals surface area contributed by atoms with Gasteiger partial charge in [0.25, 0.3) is 0 Å². The van der Waals surface area contributed by atoms with E-state index in [1.165, 1.54) is 44.9 Å². The third kappa shape index (κ3) is 18.3. The highest BCUT2D eigenvalue weighted by Gasteiger charge is 1.94. The summed E-state index contributed by atoms with van der Waals surface area (Å²) >= 11 is 9.15. The molecule has 0 bridgehead atoms. The summed E-state index contributed by atoms with van der Waals surface area (Å²) in [5.74, 6) is 0.895. The second-order valence-electron chi connectivity index (χ2n) is 6.04. The lowest BCUT2D eigenvalue weighted by molar-refractivity contribution is 0.282. The quantitative estimate of drug-likeness (QED) is 0.280. The minimum Gasteiger partial charge on any atom is -0.494 e. The molecule has 25 heavy (non-hydrogen) atoms.